The van der Waals surface area contributed by atoms with Crippen molar-refractivity contribution in [2.45, 2.75) is 35.8 Å². The zero-order valence-corrected chi connectivity index (χ0v) is 24.9. The van der Waals surface area contributed by atoms with Crippen LogP contribution in [0.25, 0.3) is 0 Å². The summed E-state index contributed by atoms with van der Waals surface area (Å²) in [5, 5.41) is 1.99. The molecule has 3 atom stereocenters. The fourth-order valence-electron chi connectivity index (χ4n) is 5.62. The molecule has 3 aromatic carbocycles. The van der Waals surface area contributed by atoms with Gasteiger partial charge in [-0.15, -0.1) is 0 Å². The number of nitrogens with zero attached hydrogens (tertiary/aromatic N) is 2. The van der Waals surface area contributed by atoms with Crippen LogP contribution in [-0.2, 0) is 27.1 Å². The second kappa shape index (κ2) is 11.3. The van der Waals surface area contributed by atoms with E-state index in [0.29, 0.717) is 31.8 Å². The van der Waals surface area contributed by atoms with Gasteiger partial charge in [-0.05, 0) is 48.4 Å². The number of halogens is 3. The predicted molar refractivity (Wildman–Crippen MR) is 160 cm³/mol. The molecular weight excluding hydrogens is 615 g/mol. The minimum atomic E-state index is -4.81. The highest BCUT2D eigenvalue weighted by atomic mass is 32.2. The number of thiazole rings is 1. The standard InChI is InChI=1S/C31H24F3N3O5S2/c1-16-7-3-5-9-20(16)35-22(38)15-36-29-26(44-30(36)41)23(17-11-13-18(42-2)14-12-17)24-25(43-29)28(40)37(27(24)39)21-10-6-4-8-19(21)31(32,33)34/h3-14,23-25H,15H2,1-2H3,(H,35,38)/t23-,24?,25?/m1/s1. The van der Waals surface area contributed by atoms with Gasteiger partial charge in [0, 0.05) is 16.5 Å². The van der Waals surface area contributed by atoms with Gasteiger partial charge in [-0.25, -0.2) is 4.90 Å². The average molecular weight is 640 g/mol. The first-order valence-electron chi connectivity index (χ1n) is 13.4. The molecule has 1 N–H and O–H groups in total. The van der Waals surface area contributed by atoms with E-state index < -0.39 is 57.1 Å². The molecule has 0 bridgehead atoms. The molecule has 3 heterocycles. The lowest BCUT2D eigenvalue weighted by molar-refractivity contribution is -0.137. The highest BCUT2D eigenvalue weighted by molar-refractivity contribution is 8.00. The summed E-state index contributed by atoms with van der Waals surface area (Å²) in [4.78, 5) is 54.9. The molecule has 13 heteroatoms. The molecule has 0 spiro atoms. The summed E-state index contributed by atoms with van der Waals surface area (Å²) in [6, 6.07) is 18.3. The number of nitrogens with one attached hydrogen (secondary N) is 1. The number of carbonyl (C=O) groups is 3. The largest absolute Gasteiger partial charge is 0.497 e. The number of methoxy groups -OCH3 is 1. The predicted octanol–water partition coefficient (Wildman–Crippen LogP) is 5.68. The fourth-order valence-corrected chi connectivity index (χ4v) is 8.39. The number of aromatic nitrogens is 1. The number of imide groups is 1. The van der Waals surface area contributed by atoms with Crippen LogP contribution in [0.1, 0.15) is 27.5 Å². The summed E-state index contributed by atoms with van der Waals surface area (Å²) in [5.41, 5.74) is 0.329. The molecule has 6 rings (SSSR count). The molecule has 2 aliphatic heterocycles. The summed E-state index contributed by atoms with van der Waals surface area (Å²) in [6.07, 6.45) is -4.81. The van der Waals surface area contributed by atoms with Crippen LogP contribution in [0.4, 0.5) is 24.5 Å². The van der Waals surface area contributed by atoms with Crippen molar-refractivity contribution in [1.82, 2.24) is 4.57 Å². The van der Waals surface area contributed by atoms with Gasteiger partial charge in [0.25, 0.3) is 0 Å². The van der Waals surface area contributed by atoms with Gasteiger partial charge in [-0.1, -0.05) is 65.6 Å². The van der Waals surface area contributed by atoms with E-state index in [2.05, 4.69) is 5.32 Å². The normalized spacial score (nSPS) is 19.5. The summed E-state index contributed by atoms with van der Waals surface area (Å²) in [5.74, 6) is -3.48. The number of hydrogen-bond acceptors (Lipinski definition) is 7. The smallest absolute Gasteiger partial charge is 0.418 e. The molecule has 1 fully saturated rings. The van der Waals surface area contributed by atoms with Crippen LogP contribution in [0.5, 0.6) is 5.75 Å². The van der Waals surface area contributed by atoms with Crippen molar-refractivity contribution >= 4 is 52.2 Å². The lowest BCUT2D eigenvalue weighted by Gasteiger charge is -2.30. The van der Waals surface area contributed by atoms with E-state index >= 15 is 0 Å². The summed E-state index contributed by atoms with van der Waals surface area (Å²) >= 11 is 1.78. The Morgan fingerprint density at radius 2 is 1.64 bits per heavy atom. The van der Waals surface area contributed by atoms with Crippen molar-refractivity contribution in [3.05, 3.63) is 104 Å². The number of anilines is 2. The molecule has 4 aromatic rings. The molecule has 2 aliphatic rings. The number of para-hydroxylation sites is 2. The Kier molecular flexibility index (Phi) is 7.62. The van der Waals surface area contributed by atoms with Crippen LogP contribution in [0, 0.1) is 12.8 Å². The van der Waals surface area contributed by atoms with Crippen molar-refractivity contribution < 1.29 is 32.3 Å². The van der Waals surface area contributed by atoms with Gasteiger partial charge < -0.3 is 10.1 Å². The number of thioether (sulfide) groups is 1. The van der Waals surface area contributed by atoms with Crippen molar-refractivity contribution in [2.75, 3.05) is 17.3 Å². The molecular formula is C31H24F3N3O5S2. The van der Waals surface area contributed by atoms with Crippen molar-refractivity contribution in [1.29, 1.82) is 0 Å². The van der Waals surface area contributed by atoms with E-state index in [9.17, 15) is 32.3 Å². The first-order chi connectivity index (χ1) is 21.0. The topological polar surface area (TPSA) is 97.7 Å². The molecule has 0 aliphatic carbocycles. The third-order valence-electron chi connectivity index (χ3n) is 7.70. The first-order valence-corrected chi connectivity index (χ1v) is 15.1. The quantitative estimate of drug-likeness (QED) is 0.273. The Hall–Kier alpha value is -4.36. The monoisotopic (exact) mass is 639 g/mol. The van der Waals surface area contributed by atoms with E-state index in [-0.39, 0.29) is 6.54 Å². The van der Waals surface area contributed by atoms with Gasteiger partial charge in [0.1, 0.15) is 17.5 Å². The highest BCUT2D eigenvalue weighted by Gasteiger charge is 2.57. The van der Waals surface area contributed by atoms with E-state index in [1.165, 1.54) is 23.8 Å². The van der Waals surface area contributed by atoms with Crippen LogP contribution < -0.4 is 19.8 Å². The van der Waals surface area contributed by atoms with E-state index in [1.54, 1.807) is 36.4 Å². The molecule has 0 saturated carbocycles. The first kappa shape index (κ1) is 29.7. The average Bonchev–Trinajstić information content (AvgIpc) is 3.44. The number of rotatable bonds is 6. The Bertz CT molecular complexity index is 1850. The number of hydrogen-bond donors (Lipinski definition) is 1. The molecule has 3 amide bonds. The summed E-state index contributed by atoms with van der Waals surface area (Å²) in [6.45, 7) is 1.47. The van der Waals surface area contributed by atoms with Gasteiger partial charge in [0.15, 0.2) is 0 Å². The van der Waals surface area contributed by atoms with Crippen LogP contribution in [0.3, 0.4) is 0 Å². The van der Waals surface area contributed by atoms with Crippen LogP contribution >= 0.6 is 23.1 Å². The third-order valence-corrected chi connectivity index (χ3v) is 10.3. The van der Waals surface area contributed by atoms with E-state index in [0.717, 1.165) is 40.8 Å². The highest BCUT2D eigenvalue weighted by Crippen LogP contribution is 2.54. The molecule has 2 unspecified atom stereocenters. The van der Waals surface area contributed by atoms with Crippen LogP contribution in [0.15, 0.2) is 82.6 Å². The molecule has 8 nitrogen and oxygen atoms in total. The maximum Gasteiger partial charge on any atom is 0.418 e. The summed E-state index contributed by atoms with van der Waals surface area (Å²) < 4.78 is 48.4. The maximum atomic E-state index is 14.0. The molecule has 44 heavy (non-hydrogen) atoms. The number of alkyl halides is 3. The van der Waals surface area contributed by atoms with E-state index in [1.807, 2.05) is 19.1 Å². The van der Waals surface area contributed by atoms with Crippen LogP contribution in [0.2, 0.25) is 0 Å². The number of aryl methyl sites for hydroxylation is 1. The zero-order valence-electron chi connectivity index (χ0n) is 23.3. The number of carbonyl (C=O) groups excluding carboxylic acids is 3. The minimum Gasteiger partial charge on any atom is -0.497 e. The Balaban J connectivity index is 1.44. The molecule has 0 radical (unpaired) electrons. The number of ether oxygens (including phenoxy) is 1. The van der Waals surface area contributed by atoms with Gasteiger partial charge in [-0.2, -0.15) is 13.2 Å². The number of benzene rings is 3. The zero-order chi connectivity index (χ0) is 31.3. The molecule has 1 aromatic heterocycles. The van der Waals surface area contributed by atoms with Crippen molar-refractivity contribution in [3.8, 4) is 5.75 Å². The minimum absolute atomic E-state index is 0.328. The van der Waals surface area contributed by atoms with E-state index in [4.69, 9.17) is 4.74 Å². The fraction of sp³-hybridized carbons (Fsp3) is 0.226. The van der Waals surface area contributed by atoms with Gasteiger partial charge >= 0.3 is 11.0 Å². The molecule has 226 valence electrons. The SMILES string of the molecule is COc1ccc([C@H]2c3sc(=O)n(CC(=O)Nc4ccccc4C)c3SC3C(=O)N(c4ccccc4C(F)(F)F)C(=O)C32)cc1. The molecule has 1 saturated heterocycles. The lowest BCUT2D eigenvalue weighted by atomic mass is 9.83. The van der Waals surface area contributed by atoms with Crippen molar-refractivity contribution in [3.63, 3.8) is 0 Å². The van der Waals surface area contributed by atoms with Crippen molar-refractivity contribution in [2.24, 2.45) is 5.92 Å². The second-order valence-electron chi connectivity index (χ2n) is 10.3. The number of fused-ring (bicyclic) bond motifs is 2. The van der Waals surface area contributed by atoms with Gasteiger partial charge in [0.2, 0.25) is 17.7 Å². The van der Waals surface area contributed by atoms with Crippen LogP contribution in [-0.4, -0.2) is 34.6 Å². The second-order valence-corrected chi connectivity index (χ2v) is 12.5. The van der Waals surface area contributed by atoms with Gasteiger partial charge in [0.05, 0.1) is 29.3 Å². The maximum absolute atomic E-state index is 14.0. The summed E-state index contributed by atoms with van der Waals surface area (Å²) in [7, 11) is 1.49. The third kappa shape index (κ3) is 5.09. The Morgan fingerprint density at radius 3 is 2.32 bits per heavy atom. The Labute approximate surface area is 257 Å². The number of amides is 3. The van der Waals surface area contributed by atoms with Gasteiger partial charge in [-0.3, -0.25) is 23.7 Å². The lowest BCUT2D eigenvalue weighted by Crippen LogP contribution is -2.33. The Morgan fingerprint density at radius 1 is 0.955 bits per heavy atom.